The van der Waals surface area contributed by atoms with E-state index in [1.807, 2.05) is 77.7 Å². The van der Waals surface area contributed by atoms with Crippen LogP contribution in [0, 0.1) is 0 Å². The number of nitrogens with zero attached hydrogens (tertiary/aromatic N) is 2. The van der Waals surface area contributed by atoms with Crippen LogP contribution in [-0.4, -0.2) is 44.7 Å². The van der Waals surface area contributed by atoms with Gasteiger partial charge in [-0.3, -0.25) is 4.79 Å². The molecule has 0 radical (unpaired) electrons. The number of para-hydroxylation sites is 2. The SMILES string of the molecule is CC(C)N(C(=O)C[NH+]1CCN(c2ccccc2Cl)CC1)c1ccc(Nc2ccccc2)cc1. The van der Waals surface area contributed by atoms with E-state index in [9.17, 15) is 4.79 Å². The molecule has 0 saturated carbocycles. The number of nitrogens with one attached hydrogen (secondary N) is 2. The molecule has 1 aliphatic rings. The molecule has 6 heteroatoms. The Hall–Kier alpha value is -3.02. The first-order chi connectivity index (χ1) is 16.0. The third-order valence-corrected chi connectivity index (χ3v) is 6.38. The van der Waals surface area contributed by atoms with Crippen molar-refractivity contribution < 1.29 is 9.69 Å². The summed E-state index contributed by atoms with van der Waals surface area (Å²) in [6.07, 6.45) is 0. The highest BCUT2D eigenvalue weighted by molar-refractivity contribution is 6.33. The van der Waals surface area contributed by atoms with Gasteiger partial charge in [-0.15, -0.1) is 0 Å². The molecule has 33 heavy (non-hydrogen) atoms. The van der Waals surface area contributed by atoms with E-state index in [-0.39, 0.29) is 11.9 Å². The minimum absolute atomic E-state index is 0.0919. The first kappa shape index (κ1) is 23.1. The number of benzene rings is 3. The molecule has 1 fully saturated rings. The standard InChI is InChI=1S/C27H31ClN4O/c1-21(2)32(24-14-12-23(13-15-24)29-22-8-4-3-5-9-22)27(33)20-30-16-18-31(19-17-30)26-11-7-6-10-25(26)28/h3-15,21,29H,16-20H2,1-2H3/p+1. The number of hydrogen-bond donors (Lipinski definition) is 2. The van der Waals surface area contributed by atoms with Crippen molar-refractivity contribution in [3.05, 3.63) is 83.9 Å². The first-order valence-corrected chi connectivity index (χ1v) is 12.0. The van der Waals surface area contributed by atoms with Gasteiger partial charge in [0.05, 0.1) is 36.9 Å². The van der Waals surface area contributed by atoms with Crippen LogP contribution in [0.1, 0.15) is 13.8 Å². The van der Waals surface area contributed by atoms with Crippen LogP contribution in [0.2, 0.25) is 5.02 Å². The Morgan fingerprint density at radius 3 is 2.18 bits per heavy atom. The molecule has 0 atom stereocenters. The lowest BCUT2D eigenvalue weighted by atomic mass is 10.2. The molecule has 0 spiro atoms. The average molecular weight is 464 g/mol. The zero-order chi connectivity index (χ0) is 23.2. The monoisotopic (exact) mass is 463 g/mol. The van der Waals surface area contributed by atoms with Crippen LogP contribution >= 0.6 is 11.6 Å². The highest BCUT2D eigenvalue weighted by atomic mass is 35.5. The zero-order valence-corrected chi connectivity index (χ0v) is 20.1. The molecule has 0 aromatic heterocycles. The Labute approximate surface area is 201 Å². The summed E-state index contributed by atoms with van der Waals surface area (Å²) >= 11 is 6.37. The topological polar surface area (TPSA) is 40.0 Å². The quantitative estimate of drug-likeness (QED) is 0.551. The largest absolute Gasteiger partial charge is 0.359 e. The van der Waals surface area contributed by atoms with Crippen molar-refractivity contribution in [1.29, 1.82) is 0 Å². The minimum Gasteiger partial charge on any atom is -0.359 e. The second kappa shape index (κ2) is 10.7. The van der Waals surface area contributed by atoms with Gasteiger partial charge in [0.15, 0.2) is 6.54 Å². The van der Waals surface area contributed by atoms with Gasteiger partial charge in [-0.05, 0) is 62.4 Å². The lowest BCUT2D eigenvalue weighted by molar-refractivity contribution is -0.892. The van der Waals surface area contributed by atoms with Gasteiger partial charge in [-0.2, -0.15) is 0 Å². The van der Waals surface area contributed by atoms with Gasteiger partial charge in [-0.1, -0.05) is 41.9 Å². The van der Waals surface area contributed by atoms with Crippen molar-refractivity contribution in [1.82, 2.24) is 0 Å². The van der Waals surface area contributed by atoms with Gasteiger partial charge in [-0.25, -0.2) is 0 Å². The number of carbonyl (C=O) groups is 1. The molecular weight excluding hydrogens is 432 g/mol. The molecule has 1 heterocycles. The van der Waals surface area contributed by atoms with Crippen LogP contribution in [0.25, 0.3) is 0 Å². The molecular formula is C27H32ClN4O+. The Balaban J connectivity index is 1.36. The van der Waals surface area contributed by atoms with Gasteiger partial charge in [0.2, 0.25) is 0 Å². The predicted molar refractivity (Wildman–Crippen MR) is 138 cm³/mol. The number of rotatable bonds is 7. The van der Waals surface area contributed by atoms with Crippen LogP contribution in [0.15, 0.2) is 78.9 Å². The van der Waals surface area contributed by atoms with Crippen molar-refractivity contribution in [2.24, 2.45) is 0 Å². The van der Waals surface area contributed by atoms with Crippen LogP contribution in [0.4, 0.5) is 22.7 Å². The molecule has 0 aliphatic carbocycles. The Kier molecular flexibility index (Phi) is 7.53. The summed E-state index contributed by atoms with van der Waals surface area (Å²) in [4.78, 5) is 18.8. The van der Waals surface area contributed by atoms with E-state index in [0.29, 0.717) is 6.54 Å². The summed E-state index contributed by atoms with van der Waals surface area (Å²) in [5, 5.41) is 4.18. The molecule has 172 valence electrons. The number of carbonyl (C=O) groups excluding carboxylic acids is 1. The average Bonchev–Trinajstić information content (AvgIpc) is 2.82. The smallest absolute Gasteiger partial charge is 0.282 e. The summed E-state index contributed by atoms with van der Waals surface area (Å²) in [6, 6.07) is 26.2. The van der Waals surface area contributed by atoms with Crippen LogP contribution in [-0.2, 0) is 4.79 Å². The second-order valence-electron chi connectivity index (χ2n) is 8.76. The van der Waals surface area contributed by atoms with Crippen molar-refractivity contribution in [2.75, 3.05) is 47.8 Å². The minimum atomic E-state index is 0.0919. The van der Waals surface area contributed by atoms with Gasteiger partial charge in [0, 0.05) is 23.1 Å². The van der Waals surface area contributed by atoms with E-state index in [1.54, 1.807) is 0 Å². The fourth-order valence-electron chi connectivity index (χ4n) is 4.37. The Morgan fingerprint density at radius 1 is 0.939 bits per heavy atom. The number of piperazine rings is 1. The van der Waals surface area contributed by atoms with Crippen molar-refractivity contribution in [2.45, 2.75) is 19.9 Å². The number of hydrogen-bond acceptors (Lipinski definition) is 3. The summed E-state index contributed by atoms with van der Waals surface area (Å²) in [6.45, 7) is 8.27. The maximum atomic E-state index is 13.3. The number of halogens is 1. The third-order valence-electron chi connectivity index (χ3n) is 6.06. The highest BCUT2D eigenvalue weighted by Gasteiger charge is 2.27. The van der Waals surface area contributed by atoms with Crippen LogP contribution in [0.5, 0.6) is 0 Å². The van der Waals surface area contributed by atoms with Crippen LogP contribution < -0.4 is 20.0 Å². The predicted octanol–water partition coefficient (Wildman–Crippen LogP) is 4.23. The number of anilines is 4. The Morgan fingerprint density at radius 2 is 1.55 bits per heavy atom. The summed E-state index contributed by atoms with van der Waals surface area (Å²) < 4.78 is 0. The van der Waals surface area contributed by atoms with Gasteiger partial charge in [0.1, 0.15) is 0 Å². The molecule has 0 bridgehead atoms. The molecule has 1 amide bonds. The van der Waals surface area contributed by atoms with Gasteiger partial charge in [0.25, 0.3) is 5.91 Å². The number of amides is 1. The van der Waals surface area contributed by atoms with Crippen LogP contribution in [0.3, 0.4) is 0 Å². The first-order valence-electron chi connectivity index (χ1n) is 11.6. The summed E-state index contributed by atoms with van der Waals surface area (Å²) in [7, 11) is 0. The molecule has 1 saturated heterocycles. The van der Waals surface area contributed by atoms with Gasteiger partial charge >= 0.3 is 0 Å². The van der Waals surface area contributed by atoms with E-state index in [2.05, 4.69) is 30.1 Å². The Bertz CT molecular complexity index is 1050. The summed E-state index contributed by atoms with van der Waals surface area (Å²) in [5.41, 5.74) is 4.06. The molecule has 2 N–H and O–H groups in total. The van der Waals surface area contributed by atoms with Crippen molar-refractivity contribution >= 4 is 40.3 Å². The summed E-state index contributed by atoms with van der Waals surface area (Å²) in [5.74, 6) is 0.162. The molecule has 0 unspecified atom stereocenters. The molecule has 5 nitrogen and oxygen atoms in total. The third kappa shape index (κ3) is 5.86. The lowest BCUT2D eigenvalue weighted by Crippen LogP contribution is -3.16. The lowest BCUT2D eigenvalue weighted by Gasteiger charge is -2.35. The molecule has 4 rings (SSSR count). The van der Waals surface area contributed by atoms with E-state index in [4.69, 9.17) is 11.6 Å². The molecule has 3 aromatic rings. The van der Waals surface area contributed by atoms with E-state index >= 15 is 0 Å². The van der Waals surface area contributed by atoms with E-state index < -0.39 is 0 Å². The van der Waals surface area contributed by atoms with E-state index in [1.165, 1.54) is 4.90 Å². The fourth-order valence-corrected chi connectivity index (χ4v) is 4.63. The molecule has 3 aromatic carbocycles. The highest BCUT2D eigenvalue weighted by Crippen LogP contribution is 2.25. The number of quaternary nitrogens is 1. The second-order valence-corrected chi connectivity index (χ2v) is 9.17. The van der Waals surface area contributed by atoms with Crippen molar-refractivity contribution in [3.8, 4) is 0 Å². The maximum Gasteiger partial charge on any atom is 0.282 e. The van der Waals surface area contributed by atoms with E-state index in [0.717, 1.165) is 54.0 Å². The van der Waals surface area contributed by atoms with Crippen molar-refractivity contribution in [3.63, 3.8) is 0 Å². The maximum absolute atomic E-state index is 13.3. The van der Waals surface area contributed by atoms with Gasteiger partial charge < -0.3 is 20.0 Å². The zero-order valence-electron chi connectivity index (χ0n) is 19.3. The fraction of sp³-hybridized carbons (Fsp3) is 0.296. The molecule has 1 aliphatic heterocycles. The normalized spacial score (nSPS) is 14.4.